The molecule has 0 aromatic heterocycles. The topological polar surface area (TPSA) is 151 Å². The molecule has 11 heteroatoms. The molecular weight excluding hydrogens is 402 g/mol. The monoisotopic (exact) mass is 433 g/mol. The molecule has 1 unspecified atom stereocenters. The number of carbonyl (C=O) groups is 3. The van der Waals surface area contributed by atoms with Gasteiger partial charge in [0, 0.05) is 19.1 Å². The summed E-state index contributed by atoms with van der Waals surface area (Å²) in [6, 6.07) is -0.934. The zero-order valence-electron chi connectivity index (χ0n) is 16.9. The van der Waals surface area contributed by atoms with Crippen molar-refractivity contribution in [3.05, 3.63) is 10.1 Å². The Bertz CT molecular complexity index is 568. The molecule has 0 heterocycles. The van der Waals surface area contributed by atoms with E-state index in [1.165, 1.54) is 6.92 Å². The maximum Gasteiger partial charge on any atom is 0.329 e. The number of unbranched alkanes of at least 4 members (excludes halogenated alkanes) is 1. The molecule has 1 amide bonds. The molecule has 0 spiro atoms. The molecule has 1 saturated carbocycles. The molecule has 10 nitrogen and oxygen atoms in total. The summed E-state index contributed by atoms with van der Waals surface area (Å²) in [5.74, 6) is -0.950. The van der Waals surface area contributed by atoms with Crippen molar-refractivity contribution in [2.75, 3.05) is 25.5 Å². The van der Waals surface area contributed by atoms with Crippen LogP contribution >= 0.6 is 11.8 Å². The minimum Gasteiger partial charge on any atom is -0.464 e. The van der Waals surface area contributed by atoms with E-state index in [0.29, 0.717) is 25.8 Å². The summed E-state index contributed by atoms with van der Waals surface area (Å²) >= 11 is 1.01. The van der Waals surface area contributed by atoms with Crippen LogP contribution in [0.3, 0.4) is 0 Å². The van der Waals surface area contributed by atoms with Gasteiger partial charge in [-0.1, -0.05) is 31.0 Å². The molecule has 1 fully saturated rings. The van der Waals surface area contributed by atoms with Crippen molar-refractivity contribution in [1.82, 2.24) is 5.32 Å². The van der Waals surface area contributed by atoms with Crippen LogP contribution in [-0.4, -0.2) is 53.6 Å². The van der Waals surface area contributed by atoms with Crippen LogP contribution < -0.4 is 11.1 Å². The molecule has 1 aliphatic rings. The maximum absolute atomic E-state index is 12.4. The van der Waals surface area contributed by atoms with Crippen LogP contribution in [0, 0.1) is 15.5 Å². The lowest BCUT2D eigenvalue weighted by Gasteiger charge is -2.35. The lowest BCUT2D eigenvalue weighted by molar-refractivity contribution is -0.757. The van der Waals surface area contributed by atoms with E-state index in [1.54, 1.807) is 0 Å². The second-order valence-corrected chi connectivity index (χ2v) is 8.39. The standard InChI is InChI=1S/C18H31N3O7S/c1-14(22)20-15(17(24)27-9-5-6-10-28-21(25)26)12-29-16(23)11-18(13-19)7-3-2-4-8-18/h15H,2-13,19H2,1H3,(H,20,22). The van der Waals surface area contributed by atoms with Crippen molar-refractivity contribution < 1.29 is 29.0 Å². The predicted molar refractivity (Wildman–Crippen MR) is 107 cm³/mol. The number of rotatable bonds is 13. The molecule has 0 aromatic carbocycles. The number of hydrogen-bond acceptors (Lipinski definition) is 9. The summed E-state index contributed by atoms with van der Waals surface area (Å²) in [4.78, 5) is 50.3. The minimum atomic E-state index is -0.934. The molecule has 1 atom stereocenters. The van der Waals surface area contributed by atoms with Gasteiger partial charge in [0.2, 0.25) is 5.91 Å². The van der Waals surface area contributed by atoms with Crippen LogP contribution in [0.25, 0.3) is 0 Å². The van der Waals surface area contributed by atoms with Crippen LogP contribution in [0.15, 0.2) is 0 Å². The number of amides is 1. The zero-order valence-corrected chi connectivity index (χ0v) is 17.7. The molecule has 0 bridgehead atoms. The first kappa shape index (κ1) is 25.2. The third-order valence-corrected chi connectivity index (χ3v) is 5.89. The number of nitrogens with zero attached hydrogens (tertiary/aromatic N) is 1. The van der Waals surface area contributed by atoms with Gasteiger partial charge >= 0.3 is 5.97 Å². The van der Waals surface area contributed by atoms with E-state index < -0.39 is 23.0 Å². The van der Waals surface area contributed by atoms with Crippen LogP contribution in [0.2, 0.25) is 0 Å². The number of hydrogen-bond donors (Lipinski definition) is 2. The van der Waals surface area contributed by atoms with Crippen molar-refractivity contribution in [1.29, 1.82) is 0 Å². The first-order valence-corrected chi connectivity index (χ1v) is 10.8. The maximum atomic E-state index is 12.4. The summed E-state index contributed by atoms with van der Waals surface area (Å²) in [6.07, 6.45) is 6.29. The van der Waals surface area contributed by atoms with Crippen LogP contribution in [0.5, 0.6) is 0 Å². The molecule has 3 N–H and O–H groups in total. The van der Waals surface area contributed by atoms with Gasteiger partial charge < -0.3 is 20.6 Å². The lowest BCUT2D eigenvalue weighted by atomic mass is 9.72. The Morgan fingerprint density at radius 3 is 2.45 bits per heavy atom. The number of ether oxygens (including phenoxy) is 1. The number of nitrogens with two attached hydrogens (primary N) is 1. The summed E-state index contributed by atoms with van der Waals surface area (Å²) in [6.45, 7) is 1.72. The molecule has 0 aliphatic heterocycles. The molecular formula is C18H31N3O7S. The Morgan fingerprint density at radius 1 is 1.21 bits per heavy atom. The molecule has 0 saturated heterocycles. The van der Waals surface area contributed by atoms with Gasteiger partial charge in [0.05, 0.1) is 13.2 Å². The van der Waals surface area contributed by atoms with Crippen LogP contribution in [-0.2, 0) is 24.0 Å². The van der Waals surface area contributed by atoms with E-state index in [9.17, 15) is 24.5 Å². The second kappa shape index (κ2) is 13.4. The Balaban J connectivity index is 2.42. The van der Waals surface area contributed by atoms with Crippen molar-refractivity contribution in [2.24, 2.45) is 11.1 Å². The summed E-state index contributed by atoms with van der Waals surface area (Å²) in [7, 11) is 0. The smallest absolute Gasteiger partial charge is 0.329 e. The fourth-order valence-corrected chi connectivity index (χ4v) is 4.30. The molecule has 0 aromatic rings. The zero-order chi connectivity index (χ0) is 21.7. The van der Waals surface area contributed by atoms with Gasteiger partial charge in [-0.25, -0.2) is 4.79 Å². The Labute approximate surface area is 174 Å². The summed E-state index contributed by atoms with van der Waals surface area (Å²) < 4.78 is 5.11. The Kier molecular flexibility index (Phi) is 11.6. The quantitative estimate of drug-likeness (QED) is 0.191. The first-order valence-electron chi connectivity index (χ1n) is 9.85. The van der Waals surface area contributed by atoms with Gasteiger partial charge in [-0.05, 0) is 37.6 Å². The van der Waals surface area contributed by atoms with Gasteiger partial charge in [-0.15, -0.1) is 10.1 Å². The molecule has 29 heavy (non-hydrogen) atoms. The van der Waals surface area contributed by atoms with E-state index >= 15 is 0 Å². The Hall–Kier alpha value is -1.88. The summed E-state index contributed by atoms with van der Waals surface area (Å²) in [5, 5.41) is 11.6. The van der Waals surface area contributed by atoms with Gasteiger partial charge in [0.1, 0.15) is 6.04 Å². The van der Waals surface area contributed by atoms with E-state index in [4.69, 9.17) is 10.5 Å². The number of thioether (sulfide) groups is 1. The average molecular weight is 434 g/mol. The summed E-state index contributed by atoms with van der Waals surface area (Å²) in [5.41, 5.74) is 5.77. The predicted octanol–water partition coefficient (Wildman–Crippen LogP) is 1.58. The van der Waals surface area contributed by atoms with E-state index in [0.717, 1.165) is 43.9 Å². The minimum absolute atomic E-state index is 0.0440. The third-order valence-electron chi connectivity index (χ3n) is 4.92. The molecule has 1 aliphatic carbocycles. The van der Waals surface area contributed by atoms with Gasteiger partial charge in [0.15, 0.2) is 5.12 Å². The highest BCUT2D eigenvalue weighted by Crippen LogP contribution is 2.39. The molecule has 0 radical (unpaired) electrons. The Morgan fingerprint density at radius 2 is 1.86 bits per heavy atom. The van der Waals surface area contributed by atoms with Crippen molar-refractivity contribution in [3.8, 4) is 0 Å². The highest BCUT2D eigenvalue weighted by Gasteiger charge is 2.33. The molecule has 166 valence electrons. The van der Waals surface area contributed by atoms with Crippen LogP contribution in [0.4, 0.5) is 0 Å². The van der Waals surface area contributed by atoms with Crippen molar-refractivity contribution >= 4 is 28.8 Å². The number of esters is 1. The van der Waals surface area contributed by atoms with E-state index in [1.807, 2.05) is 0 Å². The van der Waals surface area contributed by atoms with Crippen molar-refractivity contribution in [3.63, 3.8) is 0 Å². The second-order valence-electron chi connectivity index (χ2n) is 7.31. The lowest BCUT2D eigenvalue weighted by Crippen LogP contribution is -2.43. The first-order chi connectivity index (χ1) is 13.8. The third kappa shape index (κ3) is 10.5. The average Bonchev–Trinajstić information content (AvgIpc) is 2.67. The fraction of sp³-hybridized carbons (Fsp3) is 0.833. The van der Waals surface area contributed by atoms with E-state index in [-0.39, 0.29) is 29.5 Å². The SMILES string of the molecule is CC(=O)NC(CSC(=O)CC1(CN)CCCCC1)C(=O)OCCCCO[N+](=O)[O-]. The van der Waals surface area contributed by atoms with Gasteiger partial charge in [-0.3, -0.25) is 9.59 Å². The number of carbonyl (C=O) groups excluding carboxylic acids is 3. The number of nitrogens with one attached hydrogen (secondary N) is 1. The van der Waals surface area contributed by atoms with Crippen molar-refractivity contribution in [2.45, 2.75) is 64.3 Å². The fourth-order valence-electron chi connectivity index (χ4n) is 3.32. The normalized spacial score (nSPS) is 16.5. The molecule has 1 rings (SSSR count). The largest absolute Gasteiger partial charge is 0.464 e. The van der Waals surface area contributed by atoms with Gasteiger partial charge in [0.25, 0.3) is 5.09 Å². The van der Waals surface area contributed by atoms with E-state index in [2.05, 4.69) is 10.2 Å². The highest BCUT2D eigenvalue weighted by molar-refractivity contribution is 8.13. The highest BCUT2D eigenvalue weighted by atomic mass is 32.2. The van der Waals surface area contributed by atoms with Gasteiger partial charge in [-0.2, -0.15) is 0 Å². The van der Waals surface area contributed by atoms with Crippen LogP contribution in [0.1, 0.15) is 58.3 Å².